The molecule has 1 aromatic heterocycles. The predicted molar refractivity (Wildman–Crippen MR) is 84.2 cm³/mol. The molecule has 0 fully saturated rings. The maximum atomic E-state index is 14.2. The summed E-state index contributed by atoms with van der Waals surface area (Å²) in [6.45, 7) is 1.98. The van der Waals surface area contributed by atoms with Crippen molar-refractivity contribution in [2.45, 2.75) is 6.92 Å². The lowest BCUT2D eigenvalue weighted by atomic mass is 9.99. The molecule has 0 aliphatic carbocycles. The Morgan fingerprint density at radius 1 is 1.14 bits per heavy atom. The first-order valence-corrected chi connectivity index (χ1v) is 7.14. The average molecular weight is 347 g/mol. The summed E-state index contributed by atoms with van der Waals surface area (Å²) in [6.07, 6.45) is 0. The van der Waals surface area contributed by atoms with Gasteiger partial charge < -0.3 is 10.3 Å². The molecule has 3 nitrogen and oxygen atoms in total. The number of nitrogens with two attached hydrogens (primary N) is 1. The first kappa shape index (κ1) is 13.8. The molecule has 0 spiro atoms. The van der Waals surface area contributed by atoms with Crippen molar-refractivity contribution >= 4 is 21.8 Å². The van der Waals surface area contributed by atoms with E-state index in [9.17, 15) is 4.39 Å². The Morgan fingerprint density at radius 3 is 2.62 bits per heavy atom. The zero-order valence-electron chi connectivity index (χ0n) is 11.2. The topological polar surface area (TPSA) is 52.0 Å². The molecule has 0 saturated carbocycles. The normalized spacial score (nSPS) is 10.8. The molecule has 2 aromatic carbocycles. The summed E-state index contributed by atoms with van der Waals surface area (Å²) in [5.74, 6) is -0.211. The summed E-state index contributed by atoms with van der Waals surface area (Å²) in [6, 6.07) is 12.5. The second-order valence-corrected chi connectivity index (χ2v) is 5.59. The fraction of sp³-hybridized carbons (Fsp3) is 0.0625. The van der Waals surface area contributed by atoms with Crippen LogP contribution in [0.3, 0.4) is 0 Å². The van der Waals surface area contributed by atoms with Crippen LogP contribution in [0, 0.1) is 12.7 Å². The lowest BCUT2D eigenvalue weighted by Crippen LogP contribution is -1.91. The monoisotopic (exact) mass is 346 g/mol. The number of halogens is 2. The summed E-state index contributed by atoms with van der Waals surface area (Å²) >= 11 is 3.35. The highest BCUT2D eigenvalue weighted by molar-refractivity contribution is 9.10. The van der Waals surface area contributed by atoms with Crippen molar-refractivity contribution in [1.82, 2.24) is 5.16 Å². The first-order chi connectivity index (χ1) is 10.1. The van der Waals surface area contributed by atoms with E-state index in [2.05, 4.69) is 21.1 Å². The van der Waals surface area contributed by atoms with E-state index in [-0.39, 0.29) is 11.7 Å². The van der Waals surface area contributed by atoms with Gasteiger partial charge in [0, 0.05) is 4.47 Å². The Kier molecular flexibility index (Phi) is 3.51. The van der Waals surface area contributed by atoms with Gasteiger partial charge in [0.2, 0.25) is 5.88 Å². The van der Waals surface area contributed by atoms with Gasteiger partial charge in [0.25, 0.3) is 0 Å². The van der Waals surface area contributed by atoms with Crippen LogP contribution in [-0.2, 0) is 0 Å². The number of nitrogens with zero attached hydrogens (tertiary/aromatic N) is 1. The highest BCUT2D eigenvalue weighted by atomic mass is 79.9. The van der Waals surface area contributed by atoms with Crippen molar-refractivity contribution in [3.63, 3.8) is 0 Å². The maximum absolute atomic E-state index is 14.2. The van der Waals surface area contributed by atoms with Gasteiger partial charge in [0.05, 0.1) is 11.1 Å². The van der Waals surface area contributed by atoms with Crippen LogP contribution in [0.25, 0.3) is 22.4 Å². The molecule has 0 saturated heterocycles. The number of rotatable bonds is 2. The van der Waals surface area contributed by atoms with Crippen LogP contribution in [0.15, 0.2) is 51.5 Å². The van der Waals surface area contributed by atoms with Gasteiger partial charge in [-0.3, -0.25) is 0 Å². The highest BCUT2D eigenvalue weighted by Crippen LogP contribution is 2.40. The number of hydrogen-bond donors (Lipinski definition) is 1. The highest BCUT2D eigenvalue weighted by Gasteiger charge is 2.22. The average Bonchev–Trinajstić information content (AvgIpc) is 2.80. The minimum Gasteiger partial charge on any atom is -0.367 e. The molecule has 0 atom stereocenters. The second kappa shape index (κ2) is 5.33. The number of benzene rings is 2. The van der Waals surface area contributed by atoms with Crippen molar-refractivity contribution < 1.29 is 8.91 Å². The molecule has 0 radical (unpaired) electrons. The summed E-state index contributed by atoms with van der Waals surface area (Å²) in [7, 11) is 0. The van der Waals surface area contributed by atoms with E-state index in [4.69, 9.17) is 10.3 Å². The van der Waals surface area contributed by atoms with Crippen LogP contribution in [0.5, 0.6) is 0 Å². The quantitative estimate of drug-likeness (QED) is 0.724. The Labute approximate surface area is 129 Å². The number of aromatic nitrogens is 1. The van der Waals surface area contributed by atoms with Crippen LogP contribution in [-0.4, -0.2) is 5.16 Å². The lowest BCUT2D eigenvalue weighted by molar-refractivity contribution is 0.439. The molecule has 0 aliphatic heterocycles. The SMILES string of the molecule is Cc1cccc(-c2c(-c3c(F)cccc3Br)noc2N)c1. The standard InChI is InChI=1S/C16H12BrFN2O/c1-9-4-2-5-10(8-9)13-15(20-21-16(13)19)14-11(17)6-3-7-12(14)18/h2-8H,19H2,1H3. The van der Waals surface area contributed by atoms with Crippen molar-refractivity contribution in [2.75, 3.05) is 5.73 Å². The maximum Gasteiger partial charge on any atom is 0.230 e. The summed E-state index contributed by atoms with van der Waals surface area (Å²) < 4.78 is 19.9. The molecule has 0 bridgehead atoms. The molecule has 5 heteroatoms. The summed E-state index contributed by atoms with van der Waals surface area (Å²) in [4.78, 5) is 0. The van der Waals surface area contributed by atoms with E-state index in [1.807, 2.05) is 31.2 Å². The third-order valence-electron chi connectivity index (χ3n) is 3.22. The third-order valence-corrected chi connectivity index (χ3v) is 3.89. The second-order valence-electron chi connectivity index (χ2n) is 4.74. The third kappa shape index (κ3) is 2.45. The fourth-order valence-corrected chi connectivity index (χ4v) is 2.81. The molecular weight excluding hydrogens is 335 g/mol. The van der Waals surface area contributed by atoms with Crippen LogP contribution in [0.1, 0.15) is 5.56 Å². The molecule has 3 aromatic rings. The Morgan fingerprint density at radius 2 is 1.90 bits per heavy atom. The van der Waals surface area contributed by atoms with Gasteiger partial charge in [-0.25, -0.2) is 4.39 Å². The number of aryl methyl sites for hydroxylation is 1. The Bertz CT molecular complexity index is 794. The molecular formula is C16H12BrFN2O. The molecule has 2 N–H and O–H groups in total. The van der Waals surface area contributed by atoms with Gasteiger partial charge in [-0.1, -0.05) is 41.1 Å². The van der Waals surface area contributed by atoms with Gasteiger partial charge in [-0.05, 0) is 40.5 Å². The van der Waals surface area contributed by atoms with Crippen molar-refractivity contribution in [2.24, 2.45) is 0 Å². The minimum absolute atomic E-state index is 0.172. The van der Waals surface area contributed by atoms with Crippen molar-refractivity contribution in [3.05, 3.63) is 58.3 Å². The van der Waals surface area contributed by atoms with Gasteiger partial charge in [-0.15, -0.1) is 0 Å². The first-order valence-electron chi connectivity index (χ1n) is 6.34. The zero-order valence-corrected chi connectivity index (χ0v) is 12.8. The van der Waals surface area contributed by atoms with Crippen LogP contribution < -0.4 is 5.73 Å². The molecule has 106 valence electrons. The molecule has 21 heavy (non-hydrogen) atoms. The number of hydrogen-bond acceptors (Lipinski definition) is 3. The molecule has 0 aliphatic rings. The Hall–Kier alpha value is -2.14. The van der Waals surface area contributed by atoms with Crippen molar-refractivity contribution in [3.8, 4) is 22.4 Å². The van der Waals surface area contributed by atoms with E-state index >= 15 is 0 Å². The largest absolute Gasteiger partial charge is 0.367 e. The predicted octanol–water partition coefficient (Wildman–Crippen LogP) is 4.80. The van der Waals surface area contributed by atoms with E-state index in [1.165, 1.54) is 6.07 Å². The zero-order chi connectivity index (χ0) is 15.0. The molecule has 0 unspecified atom stereocenters. The number of nitrogen functional groups attached to an aromatic ring is 1. The van der Waals surface area contributed by atoms with Crippen molar-refractivity contribution in [1.29, 1.82) is 0 Å². The van der Waals surface area contributed by atoms with Gasteiger partial charge >= 0.3 is 0 Å². The van der Waals surface area contributed by atoms with Crippen LogP contribution >= 0.6 is 15.9 Å². The van der Waals surface area contributed by atoms with E-state index < -0.39 is 0 Å². The van der Waals surface area contributed by atoms with Gasteiger partial charge in [0.1, 0.15) is 11.5 Å². The van der Waals surface area contributed by atoms with E-state index in [0.717, 1.165) is 11.1 Å². The molecule has 3 rings (SSSR count). The minimum atomic E-state index is -0.383. The summed E-state index contributed by atoms with van der Waals surface area (Å²) in [5, 5.41) is 3.94. The molecule has 1 heterocycles. The van der Waals surface area contributed by atoms with E-state index in [0.29, 0.717) is 21.3 Å². The van der Waals surface area contributed by atoms with Gasteiger partial charge in [0.15, 0.2) is 0 Å². The van der Waals surface area contributed by atoms with Gasteiger partial charge in [-0.2, -0.15) is 0 Å². The summed E-state index contributed by atoms with van der Waals surface area (Å²) in [5.41, 5.74) is 9.15. The molecule has 0 amide bonds. The number of anilines is 1. The van der Waals surface area contributed by atoms with E-state index in [1.54, 1.807) is 12.1 Å². The van der Waals surface area contributed by atoms with Crippen LogP contribution in [0.4, 0.5) is 10.3 Å². The van der Waals surface area contributed by atoms with Crippen LogP contribution in [0.2, 0.25) is 0 Å². The fourth-order valence-electron chi connectivity index (χ4n) is 2.28. The smallest absolute Gasteiger partial charge is 0.230 e. The Balaban J connectivity index is 2.27. The lowest BCUT2D eigenvalue weighted by Gasteiger charge is -2.06.